The maximum absolute atomic E-state index is 13.6. The topological polar surface area (TPSA) is 125 Å². The second-order valence-corrected chi connectivity index (χ2v) is 8.66. The summed E-state index contributed by atoms with van der Waals surface area (Å²) in [5.41, 5.74) is 0.345. The van der Waals surface area contributed by atoms with Crippen molar-refractivity contribution in [3.8, 4) is 17.2 Å². The summed E-state index contributed by atoms with van der Waals surface area (Å²) in [5.74, 6) is -1.63. The van der Waals surface area contributed by atoms with Gasteiger partial charge >= 0.3 is 5.97 Å². The van der Waals surface area contributed by atoms with E-state index >= 15 is 0 Å². The molecule has 3 heterocycles. The van der Waals surface area contributed by atoms with Gasteiger partial charge in [-0.2, -0.15) is 0 Å². The van der Waals surface area contributed by atoms with Gasteiger partial charge in [0.05, 0.1) is 51.1 Å². The van der Waals surface area contributed by atoms with Crippen LogP contribution in [-0.2, 0) is 14.3 Å². The number of Topliss-reactive ketones (excluding diaryl/α,β-unsaturated/α-hetero) is 1. The third-order valence-corrected chi connectivity index (χ3v) is 6.53. The van der Waals surface area contributed by atoms with Crippen LogP contribution in [0.4, 0.5) is 0 Å². The number of phenolic OH excluding ortho intramolecular Hbond substituents is 1. The van der Waals surface area contributed by atoms with Crippen molar-refractivity contribution in [2.45, 2.75) is 12.3 Å². The second-order valence-electron chi connectivity index (χ2n) is 8.66. The first-order valence-corrected chi connectivity index (χ1v) is 11.7. The Morgan fingerprint density at radius 1 is 1.16 bits per heavy atom. The SMILES string of the molecule is COC(=O)C[C@H](c1c(O)ccc2c1O/C(=C\N1CCOCC1)C2=O)c1coc2ccc(OC)cc2c1=O. The Morgan fingerprint density at radius 3 is 2.68 bits per heavy atom. The zero-order valence-electron chi connectivity index (χ0n) is 20.3. The standard InChI is InChI=1S/C27H25NO9/c1-33-15-3-6-21-18(11-15)25(31)19(14-36-21)17(12-23(30)34-2)24-20(29)5-4-16-26(32)22(37-27(16)24)13-28-7-9-35-10-8-28/h3-6,11,13-14,17,29H,7-10,12H2,1-2H3/b22-13-/t17-/m0/s1. The molecule has 5 rings (SSSR count). The average Bonchev–Trinajstić information content (AvgIpc) is 3.23. The van der Waals surface area contributed by atoms with E-state index in [0.717, 1.165) is 0 Å². The minimum absolute atomic E-state index is 0.0795. The summed E-state index contributed by atoms with van der Waals surface area (Å²) in [5, 5.41) is 11.2. The van der Waals surface area contributed by atoms with Gasteiger partial charge in [0.1, 0.15) is 22.8 Å². The average molecular weight is 507 g/mol. The Hall–Kier alpha value is -4.31. The van der Waals surface area contributed by atoms with Crippen molar-refractivity contribution in [3.05, 3.63) is 75.5 Å². The molecule has 0 saturated carbocycles. The Labute approximate surface area is 211 Å². The molecular formula is C27H25NO9. The van der Waals surface area contributed by atoms with Gasteiger partial charge in [0.2, 0.25) is 5.78 Å². The monoisotopic (exact) mass is 507 g/mol. The van der Waals surface area contributed by atoms with Crippen LogP contribution in [0.2, 0.25) is 0 Å². The smallest absolute Gasteiger partial charge is 0.306 e. The number of carbonyl (C=O) groups excluding carboxylic acids is 2. The molecule has 2 aliphatic rings. The number of esters is 1. The highest BCUT2D eigenvalue weighted by Crippen LogP contribution is 2.46. The Kier molecular flexibility index (Phi) is 6.58. The van der Waals surface area contributed by atoms with Gasteiger partial charge in [-0.25, -0.2) is 0 Å². The van der Waals surface area contributed by atoms with Gasteiger partial charge in [0.15, 0.2) is 11.2 Å². The normalized spacial score (nSPS) is 17.0. The van der Waals surface area contributed by atoms with Gasteiger partial charge in [-0.15, -0.1) is 0 Å². The van der Waals surface area contributed by atoms with Crippen LogP contribution in [0.5, 0.6) is 17.2 Å². The van der Waals surface area contributed by atoms with Crippen molar-refractivity contribution < 1.29 is 38.1 Å². The van der Waals surface area contributed by atoms with Crippen LogP contribution >= 0.6 is 0 Å². The molecule has 192 valence electrons. The molecule has 2 aliphatic heterocycles. The van der Waals surface area contributed by atoms with Crippen LogP contribution in [0, 0.1) is 0 Å². The number of hydrogen-bond acceptors (Lipinski definition) is 10. The summed E-state index contributed by atoms with van der Waals surface area (Å²) in [6.45, 7) is 2.25. The Balaban J connectivity index is 1.65. The number of carbonyl (C=O) groups is 2. The van der Waals surface area contributed by atoms with Gasteiger partial charge in [0.25, 0.3) is 0 Å². The molecule has 1 saturated heterocycles. The number of phenols is 1. The first kappa shape index (κ1) is 24.4. The molecule has 10 heteroatoms. The maximum Gasteiger partial charge on any atom is 0.306 e. The van der Waals surface area contributed by atoms with E-state index in [4.69, 9.17) is 23.4 Å². The summed E-state index contributed by atoms with van der Waals surface area (Å²) in [7, 11) is 2.71. The Morgan fingerprint density at radius 2 is 1.95 bits per heavy atom. The van der Waals surface area contributed by atoms with Crippen LogP contribution in [-0.4, -0.2) is 62.3 Å². The zero-order chi connectivity index (χ0) is 26.1. The quantitative estimate of drug-likeness (QED) is 0.393. The summed E-state index contributed by atoms with van der Waals surface area (Å²) < 4.78 is 27.2. The molecule has 0 bridgehead atoms. The number of morpholine rings is 1. The van der Waals surface area contributed by atoms with Crippen LogP contribution in [0.3, 0.4) is 0 Å². The molecule has 0 amide bonds. The minimum atomic E-state index is -1.02. The number of fused-ring (bicyclic) bond motifs is 2. The van der Waals surface area contributed by atoms with E-state index in [2.05, 4.69) is 0 Å². The Bertz CT molecular complexity index is 1470. The summed E-state index contributed by atoms with van der Waals surface area (Å²) in [6, 6.07) is 7.62. The van der Waals surface area contributed by atoms with E-state index in [1.165, 1.54) is 32.6 Å². The van der Waals surface area contributed by atoms with E-state index in [-0.39, 0.29) is 51.5 Å². The molecule has 0 spiro atoms. The van der Waals surface area contributed by atoms with E-state index in [1.54, 1.807) is 24.4 Å². The second kappa shape index (κ2) is 9.98. The molecule has 0 aliphatic carbocycles. The van der Waals surface area contributed by atoms with Crippen LogP contribution in [0.25, 0.3) is 11.0 Å². The number of hydrogen-bond donors (Lipinski definition) is 1. The fraction of sp³-hybridized carbons (Fsp3) is 0.296. The third kappa shape index (κ3) is 4.51. The number of allylic oxidation sites excluding steroid dienone is 1. The molecule has 37 heavy (non-hydrogen) atoms. The van der Waals surface area contributed by atoms with Crippen molar-refractivity contribution in [3.63, 3.8) is 0 Å². The summed E-state index contributed by atoms with van der Waals surface area (Å²) >= 11 is 0. The molecule has 2 aromatic carbocycles. The number of aromatic hydroxyl groups is 1. The number of ether oxygens (including phenoxy) is 4. The van der Waals surface area contributed by atoms with Crippen LogP contribution in [0.15, 0.2) is 57.8 Å². The lowest BCUT2D eigenvalue weighted by Crippen LogP contribution is -2.32. The molecule has 1 atom stereocenters. The number of rotatable bonds is 6. The molecule has 3 aromatic rings. The molecule has 0 radical (unpaired) electrons. The summed E-state index contributed by atoms with van der Waals surface area (Å²) in [4.78, 5) is 41.1. The highest BCUT2D eigenvalue weighted by atomic mass is 16.5. The van der Waals surface area contributed by atoms with Gasteiger partial charge in [-0.3, -0.25) is 14.4 Å². The molecule has 1 aromatic heterocycles. The van der Waals surface area contributed by atoms with Gasteiger partial charge in [0, 0.05) is 36.3 Å². The lowest BCUT2D eigenvalue weighted by atomic mass is 9.86. The highest BCUT2D eigenvalue weighted by molar-refractivity contribution is 6.12. The number of benzene rings is 2. The third-order valence-electron chi connectivity index (χ3n) is 6.53. The van der Waals surface area contributed by atoms with Gasteiger partial charge in [-0.1, -0.05) is 0 Å². The molecule has 1 N–H and O–H groups in total. The predicted molar refractivity (Wildman–Crippen MR) is 131 cm³/mol. The lowest BCUT2D eigenvalue weighted by molar-refractivity contribution is -0.140. The van der Waals surface area contributed by atoms with Crippen molar-refractivity contribution in [2.24, 2.45) is 0 Å². The van der Waals surface area contributed by atoms with Gasteiger partial charge in [-0.05, 0) is 30.3 Å². The first-order chi connectivity index (χ1) is 17.9. The molecule has 0 unspecified atom stereocenters. The van der Waals surface area contributed by atoms with Crippen LogP contribution < -0.4 is 14.9 Å². The molecule has 10 nitrogen and oxygen atoms in total. The van der Waals surface area contributed by atoms with E-state index in [9.17, 15) is 19.5 Å². The number of nitrogens with zero attached hydrogens (tertiary/aromatic N) is 1. The van der Waals surface area contributed by atoms with Crippen molar-refractivity contribution >= 4 is 22.7 Å². The van der Waals surface area contributed by atoms with Crippen LogP contribution in [0.1, 0.15) is 33.8 Å². The highest BCUT2D eigenvalue weighted by Gasteiger charge is 2.37. The fourth-order valence-corrected chi connectivity index (χ4v) is 4.57. The zero-order valence-corrected chi connectivity index (χ0v) is 20.3. The van der Waals surface area contributed by atoms with Crippen molar-refractivity contribution in [1.82, 2.24) is 4.90 Å². The summed E-state index contributed by atoms with van der Waals surface area (Å²) in [6.07, 6.45) is 2.57. The van der Waals surface area contributed by atoms with E-state index in [1.807, 2.05) is 4.90 Å². The van der Waals surface area contributed by atoms with Crippen molar-refractivity contribution in [1.29, 1.82) is 0 Å². The minimum Gasteiger partial charge on any atom is -0.508 e. The number of ketones is 1. The fourth-order valence-electron chi connectivity index (χ4n) is 4.57. The predicted octanol–water partition coefficient (Wildman–Crippen LogP) is 2.95. The first-order valence-electron chi connectivity index (χ1n) is 11.7. The molecular weight excluding hydrogens is 482 g/mol. The lowest BCUT2D eigenvalue weighted by Gasteiger charge is -2.25. The maximum atomic E-state index is 13.6. The van der Waals surface area contributed by atoms with E-state index in [0.29, 0.717) is 37.6 Å². The van der Waals surface area contributed by atoms with E-state index < -0.39 is 17.3 Å². The number of methoxy groups -OCH3 is 2. The van der Waals surface area contributed by atoms with Crippen molar-refractivity contribution in [2.75, 3.05) is 40.5 Å². The molecule has 1 fully saturated rings. The van der Waals surface area contributed by atoms with Gasteiger partial charge < -0.3 is 33.4 Å². The largest absolute Gasteiger partial charge is 0.508 e.